The second kappa shape index (κ2) is 27.8. The molecule has 0 radical (unpaired) electrons. The minimum absolute atomic E-state index is 0.0298. The fraction of sp³-hybridized carbons (Fsp3) is 0.627. The van der Waals surface area contributed by atoms with Gasteiger partial charge in [-0.25, -0.2) is 9.59 Å². The number of aldehydes is 1. The standard InChI is InChI=1S/C51H66O17/c1-3-44(53)61-27-5-7-29-63-46(55)33-17-21-40(22-18-33)65-48(57)35-9-11-37(12-10-35)50(59)67-42-25-26-43(39(31-42)32-52)68-51(60)38-15-13-36(14-16-38)49(58)66-41-23-19-34(20-24-41)47(56)64-30-8-6-28-62-45(54)4-2/h3-4,25-26,31-38,40-41H,1-2,5-24,27-30H2. The van der Waals surface area contributed by atoms with Crippen molar-refractivity contribution in [2.45, 2.75) is 141 Å². The van der Waals surface area contributed by atoms with Gasteiger partial charge in [-0.05, 0) is 147 Å². The van der Waals surface area contributed by atoms with Crippen molar-refractivity contribution in [1.29, 1.82) is 0 Å². The van der Waals surface area contributed by atoms with Crippen LogP contribution in [0.1, 0.15) is 139 Å². The van der Waals surface area contributed by atoms with Crippen molar-refractivity contribution in [1.82, 2.24) is 0 Å². The van der Waals surface area contributed by atoms with Gasteiger partial charge in [0.25, 0.3) is 0 Å². The zero-order chi connectivity index (χ0) is 48.8. The summed E-state index contributed by atoms with van der Waals surface area (Å²) in [6.45, 7) is 7.62. The molecule has 4 aliphatic carbocycles. The molecule has 0 N–H and O–H groups in total. The van der Waals surface area contributed by atoms with E-state index in [9.17, 15) is 43.2 Å². The van der Waals surface area contributed by atoms with Gasteiger partial charge in [-0.1, -0.05) is 13.2 Å². The fourth-order valence-electron chi connectivity index (χ4n) is 9.10. The molecule has 0 aliphatic heterocycles. The number of carbonyl (C=O) groups excluding carboxylic acids is 9. The molecule has 17 heteroatoms. The van der Waals surface area contributed by atoms with E-state index in [2.05, 4.69) is 13.2 Å². The third-order valence-corrected chi connectivity index (χ3v) is 13.3. The monoisotopic (exact) mass is 950 g/mol. The zero-order valence-electron chi connectivity index (χ0n) is 38.9. The lowest BCUT2D eigenvalue weighted by atomic mass is 9.82. The highest BCUT2D eigenvalue weighted by Gasteiger charge is 2.37. The van der Waals surface area contributed by atoms with Crippen LogP contribution in [0, 0.1) is 35.5 Å². The normalized spacial score (nSPS) is 24.6. The molecule has 68 heavy (non-hydrogen) atoms. The van der Waals surface area contributed by atoms with Crippen LogP contribution < -0.4 is 9.47 Å². The van der Waals surface area contributed by atoms with Gasteiger partial charge in [0.1, 0.15) is 23.7 Å². The van der Waals surface area contributed by atoms with Crippen molar-refractivity contribution in [3.05, 3.63) is 49.1 Å². The van der Waals surface area contributed by atoms with Crippen LogP contribution in [0.4, 0.5) is 0 Å². The Labute approximate surface area is 397 Å². The molecule has 0 saturated heterocycles. The van der Waals surface area contributed by atoms with E-state index >= 15 is 0 Å². The van der Waals surface area contributed by atoms with E-state index in [1.807, 2.05) is 0 Å². The van der Waals surface area contributed by atoms with Crippen molar-refractivity contribution >= 4 is 54.0 Å². The van der Waals surface area contributed by atoms with E-state index in [1.54, 1.807) is 0 Å². The number of carbonyl (C=O) groups is 9. The number of hydrogen-bond acceptors (Lipinski definition) is 17. The van der Waals surface area contributed by atoms with E-state index in [0.717, 1.165) is 12.2 Å². The van der Waals surface area contributed by atoms with Gasteiger partial charge < -0.3 is 37.9 Å². The van der Waals surface area contributed by atoms with Crippen LogP contribution in [-0.4, -0.2) is 92.7 Å². The van der Waals surface area contributed by atoms with E-state index in [-0.39, 0.29) is 103 Å². The Morgan fingerprint density at radius 3 is 1.16 bits per heavy atom. The van der Waals surface area contributed by atoms with Crippen LogP contribution in [0.5, 0.6) is 11.5 Å². The lowest BCUT2D eigenvalue weighted by molar-refractivity contribution is -0.161. The van der Waals surface area contributed by atoms with Crippen molar-refractivity contribution in [2.24, 2.45) is 35.5 Å². The van der Waals surface area contributed by atoms with Gasteiger partial charge in [0, 0.05) is 12.2 Å². The van der Waals surface area contributed by atoms with Crippen molar-refractivity contribution in [3.8, 4) is 11.5 Å². The number of unbranched alkanes of at least 4 members (excludes halogenated alkanes) is 2. The van der Waals surface area contributed by atoms with Crippen LogP contribution in [0.15, 0.2) is 43.5 Å². The molecule has 4 fully saturated rings. The minimum atomic E-state index is -0.524. The molecule has 0 amide bonds. The topological polar surface area (TPSA) is 227 Å². The summed E-state index contributed by atoms with van der Waals surface area (Å²) in [5.41, 5.74) is 0.0331. The molecule has 0 heterocycles. The van der Waals surface area contributed by atoms with Gasteiger partial charge in [-0.3, -0.25) is 33.6 Å². The lowest BCUT2D eigenvalue weighted by Gasteiger charge is -2.30. The SMILES string of the molecule is C=CC(=O)OCCCCOC(=O)C1CCC(OC(=O)C2CCC(C(=O)Oc3ccc(OC(=O)C4CCC(C(=O)OC5CCC(C(=O)OCCCCOC(=O)C=C)CC5)CC4)c(C=O)c3)CC2)CC1. The first-order valence-electron chi connectivity index (χ1n) is 24.2. The molecular formula is C51H66O17. The molecule has 1 aromatic rings. The van der Waals surface area contributed by atoms with Crippen molar-refractivity contribution in [3.63, 3.8) is 0 Å². The van der Waals surface area contributed by atoms with Crippen molar-refractivity contribution in [2.75, 3.05) is 26.4 Å². The van der Waals surface area contributed by atoms with Crippen LogP contribution in [0.3, 0.4) is 0 Å². The van der Waals surface area contributed by atoms with E-state index in [1.165, 1.54) is 18.2 Å². The lowest BCUT2D eigenvalue weighted by Crippen LogP contribution is -2.33. The molecule has 5 rings (SSSR count). The second-order valence-corrected chi connectivity index (χ2v) is 18.1. The summed E-state index contributed by atoms with van der Waals surface area (Å²) in [7, 11) is 0. The summed E-state index contributed by atoms with van der Waals surface area (Å²) < 4.78 is 43.4. The highest BCUT2D eigenvalue weighted by atomic mass is 16.6. The number of esters is 8. The minimum Gasteiger partial charge on any atom is -0.465 e. The maximum absolute atomic E-state index is 13.2. The quantitative estimate of drug-likeness (QED) is 0.0263. The summed E-state index contributed by atoms with van der Waals surface area (Å²) in [6.07, 6.45) is 12.3. The van der Waals surface area contributed by atoms with Crippen LogP contribution >= 0.6 is 0 Å². The highest BCUT2D eigenvalue weighted by molar-refractivity contribution is 5.85. The first-order chi connectivity index (χ1) is 32.9. The number of rotatable bonds is 23. The van der Waals surface area contributed by atoms with E-state index in [4.69, 9.17) is 37.9 Å². The zero-order valence-corrected chi connectivity index (χ0v) is 38.9. The van der Waals surface area contributed by atoms with Gasteiger partial charge in [-0.15, -0.1) is 0 Å². The predicted octanol–water partition coefficient (Wildman–Crippen LogP) is 7.23. The smallest absolute Gasteiger partial charge is 0.330 e. The van der Waals surface area contributed by atoms with Crippen LogP contribution in [-0.2, 0) is 66.8 Å². The second-order valence-electron chi connectivity index (χ2n) is 18.1. The first kappa shape index (κ1) is 53.1. The molecule has 0 atom stereocenters. The van der Waals surface area contributed by atoms with Crippen molar-refractivity contribution < 1.29 is 81.0 Å². The van der Waals surface area contributed by atoms with Gasteiger partial charge in [0.05, 0.1) is 67.5 Å². The Morgan fingerprint density at radius 2 is 0.779 bits per heavy atom. The largest absolute Gasteiger partial charge is 0.465 e. The maximum atomic E-state index is 13.2. The highest BCUT2D eigenvalue weighted by Crippen LogP contribution is 2.36. The molecule has 4 saturated carbocycles. The summed E-state index contributed by atoms with van der Waals surface area (Å²) in [6, 6.07) is 4.21. The average molecular weight is 951 g/mol. The van der Waals surface area contributed by atoms with Gasteiger partial charge in [0.15, 0.2) is 6.29 Å². The molecule has 0 unspecified atom stereocenters. The summed E-state index contributed by atoms with van der Waals surface area (Å²) in [5.74, 6) is -5.17. The molecule has 4 aliphatic rings. The molecule has 0 aromatic heterocycles. The summed E-state index contributed by atoms with van der Waals surface area (Å²) >= 11 is 0. The van der Waals surface area contributed by atoms with Gasteiger partial charge >= 0.3 is 47.8 Å². The number of hydrogen-bond donors (Lipinski definition) is 0. The summed E-state index contributed by atoms with van der Waals surface area (Å²) in [4.78, 5) is 112. The predicted molar refractivity (Wildman–Crippen MR) is 240 cm³/mol. The molecule has 1 aromatic carbocycles. The average Bonchev–Trinajstić information content (AvgIpc) is 3.36. The Kier molecular flexibility index (Phi) is 21.7. The molecule has 372 valence electrons. The Hall–Kier alpha value is -5.87. The Bertz CT molecular complexity index is 1920. The molecule has 17 nitrogen and oxygen atoms in total. The summed E-state index contributed by atoms with van der Waals surface area (Å²) in [5, 5.41) is 0. The molecule has 0 spiro atoms. The molecular weight excluding hydrogens is 885 g/mol. The van der Waals surface area contributed by atoms with Gasteiger partial charge in [0.2, 0.25) is 0 Å². The van der Waals surface area contributed by atoms with Gasteiger partial charge in [-0.2, -0.15) is 0 Å². The fourth-order valence-corrected chi connectivity index (χ4v) is 9.10. The van der Waals surface area contributed by atoms with E-state index < -0.39 is 35.7 Å². The number of benzene rings is 1. The van der Waals surface area contributed by atoms with E-state index in [0.29, 0.717) is 135 Å². The van der Waals surface area contributed by atoms with Crippen LogP contribution in [0.2, 0.25) is 0 Å². The third kappa shape index (κ3) is 17.0. The molecule has 0 bridgehead atoms. The Balaban J connectivity index is 0.936. The first-order valence-corrected chi connectivity index (χ1v) is 24.2. The van der Waals surface area contributed by atoms with Crippen LogP contribution in [0.25, 0.3) is 0 Å². The maximum Gasteiger partial charge on any atom is 0.330 e. The number of ether oxygens (including phenoxy) is 8. The third-order valence-electron chi connectivity index (χ3n) is 13.3. The Morgan fingerprint density at radius 1 is 0.441 bits per heavy atom.